The van der Waals surface area contributed by atoms with Crippen molar-refractivity contribution in [2.45, 2.75) is 38.8 Å². The number of hydrogen-bond donors (Lipinski definition) is 2. The van der Waals surface area contributed by atoms with Gasteiger partial charge in [-0.3, -0.25) is 4.90 Å². The SMILES string of the molecule is CCN(CC1CCCO1)c1nc(Nc2ccc(-c3cnco3)cc2)nc2c1CN(CCO)CC2. The maximum absolute atomic E-state index is 9.45. The van der Waals surface area contributed by atoms with Crippen LogP contribution >= 0.6 is 0 Å². The van der Waals surface area contributed by atoms with Crippen molar-refractivity contribution in [1.29, 1.82) is 0 Å². The Hall–Kier alpha value is -3.01. The van der Waals surface area contributed by atoms with Crippen LogP contribution in [-0.4, -0.2) is 70.5 Å². The van der Waals surface area contributed by atoms with E-state index in [2.05, 4.69) is 27.0 Å². The maximum Gasteiger partial charge on any atom is 0.229 e. The summed E-state index contributed by atoms with van der Waals surface area (Å²) in [5.41, 5.74) is 4.11. The zero-order chi connectivity index (χ0) is 23.3. The molecule has 0 amide bonds. The molecule has 0 bridgehead atoms. The first-order valence-corrected chi connectivity index (χ1v) is 12.1. The normalized spacial score (nSPS) is 18.1. The molecule has 4 heterocycles. The first kappa shape index (κ1) is 22.8. The molecule has 2 aromatic heterocycles. The van der Waals surface area contributed by atoms with Crippen LogP contribution in [0.15, 0.2) is 41.3 Å². The van der Waals surface area contributed by atoms with Gasteiger partial charge in [-0.1, -0.05) is 0 Å². The molecule has 1 aromatic carbocycles. The lowest BCUT2D eigenvalue weighted by molar-refractivity contribution is 0.115. The molecule has 2 aliphatic rings. The number of benzene rings is 1. The first-order chi connectivity index (χ1) is 16.7. The van der Waals surface area contributed by atoms with Crippen molar-refractivity contribution in [1.82, 2.24) is 19.9 Å². The number of nitrogens with one attached hydrogen (secondary N) is 1. The van der Waals surface area contributed by atoms with E-state index in [1.54, 1.807) is 6.20 Å². The molecule has 1 fully saturated rings. The predicted molar refractivity (Wildman–Crippen MR) is 130 cm³/mol. The molecule has 1 unspecified atom stereocenters. The molecule has 0 saturated carbocycles. The van der Waals surface area contributed by atoms with Crippen molar-refractivity contribution in [3.63, 3.8) is 0 Å². The Labute approximate surface area is 199 Å². The third-order valence-corrected chi connectivity index (χ3v) is 6.52. The number of anilines is 3. The van der Waals surface area contributed by atoms with Crippen molar-refractivity contribution in [2.24, 2.45) is 0 Å². The van der Waals surface area contributed by atoms with Crippen LogP contribution in [0, 0.1) is 0 Å². The highest BCUT2D eigenvalue weighted by molar-refractivity contribution is 5.64. The van der Waals surface area contributed by atoms with Gasteiger partial charge in [-0.05, 0) is 44.0 Å². The van der Waals surface area contributed by atoms with Gasteiger partial charge in [0, 0.05) is 62.6 Å². The van der Waals surface area contributed by atoms with Crippen molar-refractivity contribution >= 4 is 17.5 Å². The van der Waals surface area contributed by atoms with Crippen molar-refractivity contribution in [2.75, 3.05) is 49.6 Å². The van der Waals surface area contributed by atoms with Gasteiger partial charge in [-0.2, -0.15) is 4.98 Å². The minimum atomic E-state index is 0.155. The average molecular weight is 465 g/mol. The number of likely N-dealkylation sites (N-methyl/N-ethyl adjacent to an activating group) is 1. The molecule has 0 spiro atoms. The number of hydrogen-bond acceptors (Lipinski definition) is 9. The van der Waals surface area contributed by atoms with E-state index < -0.39 is 0 Å². The fraction of sp³-hybridized carbons (Fsp3) is 0.480. The van der Waals surface area contributed by atoms with Crippen LogP contribution in [0.1, 0.15) is 31.0 Å². The number of nitrogens with zero attached hydrogens (tertiary/aromatic N) is 5. The van der Waals surface area contributed by atoms with Crippen LogP contribution in [0.5, 0.6) is 0 Å². The monoisotopic (exact) mass is 464 g/mol. The van der Waals surface area contributed by atoms with E-state index in [1.807, 2.05) is 24.3 Å². The topological polar surface area (TPSA) is 99.8 Å². The second-order valence-corrected chi connectivity index (χ2v) is 8.79. The van der Waals surface area contributed by atoms with Gasteiger partial charge in [0.1, 0.15) is 5.82 Å². The van der Waals surface area contributed by atoms with Crippen LogP contribution in [0.4, 0.5) is 17.5 Å². The van der Waals surface area contributed by atoms with Crippen LogP contribution in [0.2, 0.25) is 0 Å². The number of ether oxygens (including phenoxy) is 1. The summed E-state index contributed by atoms with van der Waals surface area (Å²) in [4.78, 5) is 18.4. The van der Waals surface area contributed by atoms with Gasteiger partial charge in [0.2, 0.25) is 5.95 Å². The Bertz CT molecular complexity index is 1070. The summed E-state index contributed by atoms with van der Waals surface area (Å²) < 4.78 is 11.3. The van der Waals surface area contributed by atoms with E-state index in [0.29, 0.717) is 12.5 Å². The maximum atomic E-state index is 9.45. The highest BCUT2D eigenvalue weighted by Gasteiger charge is 2.27. The number of rotatable bonds is 9. The lowest BCUT2D eigenvalue weighted by atomic mass is 10.1. The first-order valence-electron chi connectivity index (χ1n) is 12.1. The van der Waals surface area contributed by atoms with Crippen LogP contribution < -0.4 is 10.2 Å². The van der Waals surface area contributed by atoms with Crippen molar-refractivity contribution < 1.29 is 14.3 Å². The van der Waals surface area contributed by atoms with Gasteiger partial charge in [0.05, 0.1) is 24.6 Å². The van der Waals surface area contributed by atoms with Gasteiger partial charge in [-0.15, -0.1) is 0 Å². The summed E-state index contributed by atoms with van der Waals surface area (Å²) in [7, 11) is 0. The Balaban J connectivity index is 1.42. The van der Waals surface area contributed by atoms with Gasteiger partial charge in [-0.25, -0.2) is 9.97 Å². The minimum absolute atomic E-state index is 0.155. The van der Waals surface area contributed by atoms with E-state index in [4.69, 9.17) is 19.1 Å². The third-order valence-electron chi connectivity index (χ3n) is 6.52. The molecule has 1 atom stereocenters. The summed E-state index contributed by atoms with van der Waals surface area (Å²) >= 11 is 0. The number of oxazole rings is 1. The van der Waals surface area contributed by atoms with E-state index in [9.17, 15) is 5.11 Å². The van der Waals surface area contributed by atoms with Crippen LogP contribution in [0.25, 0.3) is 11.3 Å². The Morgan fingerprint density at radius 1 is 1.24 bits per heavy atom. The van der Waals surface area contributed by atoms with E-state index in [0.717, 1.165) is 86.1 Å². The molecule has 0 aliphatic carbocycles. The van der Waals surface area contributed by atoms with Gasteiger partial charge in [0.15, 0.2) is 12.2 Å². The predicted octanol–water partition coefficient (Wildman–Crippen LogP) is 3.23. The van der Waals surface area contributed by atoms with Crippen LogP contribution in [0.3, 0.4) is 0 Å². The summed E-state index contributed by atoms with van der Waals surface area (Å²) in [5, 5.41) is 12.8. The van der Waals surface area contributed by atoms with Crippen LogP contribution in [-0.2, 0) is 17.7 Å². The zero-order valence-corrected chi connectivity index (χ0v) is 19.6. The second kappa shape index (κ2) is 10.5. The fourth-order valence-corrected chi connectivity index (χ4v) is 4.71. The Morgan fingerprint density at radius 2 is 2.12 bits per heavy atom. The molecule has 9 nitrogen and oxygen atoms in total. The van der Waals surface area contributed by atoms with Gasteiger partial charge >= 0.3 is 0 Å². The molecule has 9 heteroatoms. The molecule has 180 valence electrons. The number of fused-ring (bicyclic) bond motifs is 1. The number of aliphatic hydroxyl groups excluding tert-OH is 1. The molecular weight excluding hydrogens is 432 g/mol. The second-order valence-electron chi connectivity index (χ2n) is 8.79. The molecular formula is C25H32N6O3. The number of aromatic nitrogens is 3. The fourth-order valence-electron chi connectivity index (χ4n) is 4.71. The Morgan fingerprint density at radius 3 is 2.82 bits per heavy atom. The molecule has 2 N–H and O–H groups in total. The molecule has 34 heavy (non-hydrogen) atoms. The smallest absolute Gasteiger partial charge is 0.229 e. The summed E-state index contributed by atoms with van der Waals surface area (Å²) in [6, 6.07) is 7.97. The molecule has 0 radical (unpaired) electrons. The third kappa shape index (κ3) is 5.06. The summed E-state index contributed by atoms with van der Waals surface area (Å²) in [5.74, 6) is 2.30. The largest absolute Gasteiger partial charge is 0.444 e. The summed E-state index contributed by atoms with van der Waals surface area (Å²) in [6.07, 6.45) is 6.41. The standard InChI is InChI=1S/C25H32N6O3/c1-2-31(15-20-4-3-13-33-20)24-21-16-30(11-12-32)10-9-22(21)28-25(29-24)27-19-7-5-18(6-8-19)23-14-26-17-34-23/h5-8,14,17,20,32H,2-4,9-13,15-16H2,1H3,(H,27,28,29). The zero-order valence-electron chi connectivity index (χ0n) is 19.6. The average Bonchev–Trinajstić information content (AvgIpc) is 3.58. The van der Waals surface area contributed by atoms with E-state index in [-0.39, 0.29) is 12.7 Å². The van der Waals surface area contributed by atoms with Crippen molar-refractivity contribution in [3.05, 3.63) is 48.1 Å². The lowest BCUT2D eigenvalue weighted by Crippen LogP contribution is -2.38. The highest BCUT2D eigenvalue weighted by Crippen LogP contribution is 2.30. The van der Waals surface area contributed by atoms with Crippen molar-refractivity contribution in [3.8, 4) is 11.3 Å². The number of aliphatic hydroxyl groups is 1. The van der Waals surface area contributed by atoms with E-state index >= 15 is 0 Å². The molecule has 1 saturated heterocycles. The number of β-amino-alcohol motifs (C(OH)–C–C–N with tert-alkyl or cyclic N) is 1. The quantitative estimate of drug-likeness (QED) is 0.494. The molecule has 2 aliphatic heterocycles. The minimum Gasteiger partial charge on any atom is -0.444 e. The molecule has 5 rings (SSSR count). The Kier molecular flexibility index (Phi) is 7.03. The van der Waals surface area contributed by atoms with Gasteiger partial charge < -0.3 is 24.5 Å². The van der Waals surface area contributed by atoms with Gasteiger partial charge in [0.25, 0.3) is 0 Å². The summed E-state index contributed by atoms with van der Waals surface area (Å²) in [6.45, 7) is 7.11. The highest BCUT2D eigenvalue weighted by atomic mass is 16.5. The van der Waals surface area contributed by atoms with E-state index in [1.165, 1.54) is 6.39 Å². The lowest BCUT2D eigenvalue weighted by Gasteiger charge is -2.33. The molecule has 3 aromatic rings.